The zero-order chi connectivity index (χ0) is 19.1. The first-order chi connectivity index (χ1) is 13.1. The molecule has 0 aliphatic heterocycles. The molecule has 1 amide bonds. The van der Waals surface area contributed by atoms with E-state index in [1.54, 1.807) is 66.7 Å². The zero-order valence-electron chi connectivity index (χ0n) is 14.1. The molecule has 134 valence electrons. The maximum atomic E-state index is 12.0. The molecule has 0 bridgehead atoms. The topological polar surface area (TPSA) is 67.8 Å². The number of amides is 1. The molecule has 3 aromatic carbocycles. The average molecular weight is 423 g/mol. The lowest BCUT2D eigenvalue weighted by Gasteiger charge is -2.04. The lowest BCUT2D eigenvalue weighted by Crippen LogP contribution is -2.17. The Balaban J connectivity index is 1.56. The van der Waals surface area contributed by atoms with Crippen LogP contribution in [0.25, 0.3) is 0 Å². The summed E-state index contributed by atoms with van der Waals surface area (Å²) in [6, 6.07) is 22.6. The lowest BCUT2D eigenvalue weighted by molar-refractivity contribution is 0.0734. The number of hydrogen-bond acceptors (Lipinski definition) is 4. The Morgan fingerprint density at radius 1 is 0.889 bits per heavy atom. The van der Waals surface area contributed by atoms with Gasteiger partial charge in [-0.3, -0.25) is 4.79 Å². The van der Waals surface area contributed by atoms with E-state index in [1.807, 2.05) is 12.1 Å². The van der Waals surface area contributed by atoms with Crippen LogP contribution < -0.4 is 10.2 Å². The van der Waals surface area contributed by atoms with Crippen molar-refractivity contribution in [1.82, 2.24) is 5.43 Å². The molecular formula is C21H15BrN2O3. The Labute approximate surface area is 164 Å². The number of halogens is 1. The molecule has 0 saturated heterocycles. The largest absolute Gasteiger partial charge is 0.423 e. The highest BCUT2D eigenvalue weighted by atomic mass is 79.9. The molecule has 0 aliphatic rings. The summed E-state index contributed by atoms with van der Waals surface area (Å²) in [6.45, 7) is 0. The summed E-state index contributed by atoms with van der Waals surface area (Å²) in [4.78, 5) is 24.0. The summed E-state index contributed by atoms with van der Waals surface area (Å²) >= 11 is 3.32. The molecule has 0 spiro atoms. The number of nitrogens with one attached hydrogen (secondary N) is 1. The van der Waals surface area contributed by atoms with Crippen LogP contribution in [0, 0.1) is 0 Å². The van der Waals surface area contributed by atoms with Crippen LogP contribution in [0.2, 0.25) is 0 Å². The Hall–Kier alpha value is -3.25. The van der Waals surface area contributed by atoms with Crippen molar-refractivity contribution in [3.63, 3.8) is 0 Å². The summed E-state index contributed by atoms with van der Waals surface area (Å²) in [5.41, 5.74) is 4.21. The molecule has 0 saturated carbocycles. The maximum Gasteiger partial charge on any atom is 0.343 e. The van der Waals surface area contributed by atoms with E-state index in [2.05, 4.69) is 26.5 Å². The number of ether oxygens (including phenoxy) is 1. The van der Waals surface area contributed by atoms with Crippen LogP contribution >= 0.6 is 15.9 Å². The smallest absolute Gasteiger partial charge is 0.343 e. The molecule has 3 rings (SSSR count). The minimum atomic E-state index is -0.418. The summed E-state index contributed by atoms with van der Waals surface area (Å²) in [6.07, 6.45) is 1.51. The third-order valence-corrected chi connectivity index (χ3v) is 4.06. The average Bonchev–Trinajstić information content (AvgIpc) is 2.70. The van der Waals surface area contributed by atoms with Gasteiger partial charge in [0.15, 0.2) is 0 Å². The van der Waals surface area contributed by atoms with E-state index in [1.165, 1.54) is 6.21 Å². The Bertz CT molecular complexity index is 970. The van der Waals surface area contributed by atoms with Gasteiger partial charge < -0.3 is 4.74 Å². The number of hydrogen-bond donors (Lipinski definition) is 1. The molecule has 3 aromatic rings. The normalized spacial score (nSPS) is 10.6. The van der Waals surface area contributed by atoms with Crippen LogP contribution in [0.4, 0.5) is 0 Å². The van der Waals surface area contributed by atoms with E-state index >= 15 is 0 Å². The molecular weight excluding hydrogens is 408 g/mol. The summed E-state index contributed by atoms with van der Waals surface area (Å²) in [5, 5.41) is 3.94. The van der Waals surface area contributed by atoms with Crippen molar-refractivity contribution in [3.05, 3.63) is 100 Å². The summed E-state index contributed by atoms with van der Waals surface area (Å²) in [5.74, 6) is -0.293. The van der Waals surface area contributed by atoms with Gasteiger partial charge in [-0.25, -0.2) is 10.2 Å². The van der Waals surface area contributed by atoms with Crippen molar-refractivity contribution in [2.45, 2.75) is 0 Å². The predicted octanol–water partition coefficient (Wildman–Crippen LogP) is 4.43. The first-order valence-corrected chi connectivity index (χ1v) is 8.87. The summed E-state index contributed by atoms with van der Waals surface area (Å²) in [7, 11) is 0. The number of carbonyl (C=O) groups excluding carboxylic acids is 2. The minimum Gasteiger partial charge on any atom is -0.423 e. The fourth-order valence-corrected chi connectivity index (χ4v) is 2.62. The second kappa shape index (κ2) is 8.91. The van der Waals surface area contributed by atoms with Gasteiger partial charge in [0.2, 0.25) is 0 Å². The maximum absolute atomic E-state index is 12.0. The molecule has 6 heteroatoms. The van der Waals surface area contributed by atoms with Crippen LogP contribution in [0.5, 0.6) is 5.75 Å². The second-order valence-electron chi connectivity index (χ2n) is 5.53. The van der Waals surface area contributed by atoms with E-state index in [0.717, 1.165) is 10.0 Å². The van der Waals surface area contributed by atoms with Gasteiger partial charge >= 0.3 is 5.97 Å². The molecule has 0 atom stereocenters. The number of rotatable bonds is 5. The van der Waals surface area contributed by atoms with Crippen molar-refractivity contribution >= 4 is 34.0 Å². The van der Waals surface area contributed by atoms with Crippen LogP contribution in [0.3, 0.4) is 0 Å². The number of hydrazone groups is 1. The third kappa shape index (κ3) is 5.36. The number of benzene rings is 3. The van der Waals surface area contributed by atoms with Crippen LogP contribution in [-0.4, -0.2) is 18.1 Å². The molecule has 0 unspecified atom stereocenters. The van der Waals surface area contributed by atoms with Gasteiger partial charge in [0, 0.05) is 10.0 Å². The van der Waals surface area contributed by atoms with E-state index in [0.29, 0.717) is 16.9 Å². The first-order valence-electron chi connectivity index (χ1n) is 8.08. The molecule has 5 nitrogen and oxygen atoms in total. The third-order valence-electron chi connectivity index (χ3n) is 3.57. The first kappa shape index (κ1) is 18.5. The number of esters is 1. The fourth-order valence-electron chi connectivity index (χ4n) is 2.22. The zero-order valence-corrected chi connectivity index (χ0v) is 15.7. The molecule has 0 aromatic heterocycles. The Morgan fingerprint density at radius 2 is 1.59 bits per heavy atom. The number of carbonyl (C=O) groups is 2. The Morgan fingerprint density at radius 3 is 2.30 bits per heavy atom. The van der Waals surface area contributed by atoms with E-state index in [-0.39, 0.29) is 5.91 Å². The van der Waals surface area contributed by atoms with Crippen molar-refractivity contribution in [2.24, 2.45) is 5.10 Å². The second-order valence-corrected chi connectivity index (χ2v) is 6.45. The lowest BCUT2D eigenvalue weighted by atomic mass is 10.2. The van der Waals surface area contributed by atoms with Gasteiger partial charge in [0.1, 0.15) is 5.75 Å². The van der Waals surface area contributed by atoms with Gasteiger partial charge in [-0.1, -0.05) is 40.2 Å². The van der Waals surface area contributed by atoms with Crippen molar-refractivity contribution < 1.29 is 14.3 Å². The monoisotopic (exact) mass is 422 g/mol. The van der Waals surface area contributed by atoms with Crippen LogP contribution in [0.15, 0.2) is 88.4 Å². The highest BCUT2D eigenvalue weighted by Gasteiger charge is 2.07. The highest BCUT2D eigenvalue weighted by Crippen LogP contribution is 2.14. The van der Waals surface area contributed by atoms with Gasteiger partial charge in [-0.15, -0.1) is 0 Å². The van der Waals surface area contributed by atoms with Gasteiger partial charge in [-0.2, -0.15) is 5.10 Å². The van der Waals surface area contributed by atoms with E-state index in [9.17, 15) is 9.59 Å². The molecule has 27 heavy (non-hydrogen) atoms. The van der Waals surface area contributed by atoms with Crippen LogP contribution in [0.1, 0.15) is 26.3 Å². The Kier molecular flexibility index (Phi) is 6.12. The van der Waals surface area contributed by atoms with Crippen molar-refractivity contribution in [1.29, 1.82) is 0 Å². The van der Waals surface area contributed by atoms with Gasteiger partial charge in [-0.05, 0) is 60.2 Å². The van der Waals surface area contributed by atoms with Gasteiger partial charge in [0.05, 0.1) is 11.8 Å². The van der Waals surface area contributed by atoms with E-state index in [4.69, 9.17) is 4.74 Å². The molecule has 0 aliphatic carbocycles. The molecule has 0 fully saturated rings. The minimum absolute atomic E-state index is 0.305. The summed E-state index contributed by atoms with van der Waals surface area (Å²) < 4.78 is 6.13. The molecule has 0 radical (unpaired) electrons. The highest BCUT2D eigenvalue weighted by molar-refractivity contribution is 9.10. The molecule has 0 heterocycles. The predicted molar refractivity (Wildman–Crippen MR) is 107 cm³/mol. The SMILES string of the molecule is O=C(N/N=C\c1ccc(OC(=O)c2ccccc2)cc1)c1cccc(Br)c1. The quantitative estimate of drug-likeness (QED) is 0.286. The van der Waals surface area contributed by atoms with Crippen molar-refractivity contribution in [2.75, 3.05) is 0 Å². The van der Waals surface area contributed by atoms with Crippen LogP contribution in [-0.2, 0) is 0 Å². The van der Waals surface area contributed by atoms with Gasteiger partial charge in [0.25, 0.3) is 5.91 Å². The molecule has 1 N–H and O–H groups in total. The van der Waals surface area contributed by atoms with E-state index < -0.39 is 5.97 Å². The van der Waals surface area contributed by atoms with Crippen molar-refractivity contribution in [3.8, 4) is 5.75 Å². The number of nitrogens with zero attached hydrogens (tertiary/aromatic N) is 1. The fraction of sp³-hybridized carbons (Fsp3) is 0. The standard InChI is InChI=1S/C21H15BrN2O3/c22-18-8-4-7-17(13-18)20(25)24-23-14-15-9-11-19(12-10-15)27-21(26)16-5-2-1-3-6-16/h1-14H,(H,24,25)/b23-14-.